The number of likely N-dealkylation sites (tertiary alicyclic amines) is 1. The number of nitrogens with zero attached hydrogens (tertiary/aromatic N) is 3. The van der Waals surface area contributed by atoms with Crippen LogP contribution in [0.3, 0.4) is 0 Å². The van der Waals surface area contributed by atoms with Gasteiger partial charge in [0.05, 0.1) is 18.2 Å². The van der Waals surface area contributed by atoms with Crippen molar-refractivity contribution in [3.05, 3.63) is 0 Å². The average molecular weight is 495 g/mol. The van der Waals surface area contributed by atoms with E-state index in [1.165, 1.54) is 0 Å². The predicted molar refractivity (Wildman–Crippen MR) is 121 cm³/mol. The van der Waals surface area contributed by atoms with Gasteiger partial charge in [0.2, 0.25) is 5.91 Å². The molecule has 2 unspecified atom stereocenters. The van der Waals surface area contributed by atoms with Gasteiger partial charge < -0.3 is 20.3 Å². The second kappa shape index (κ2) is 12.1. The lowest BCUT2D eigenvalue weighted by Gasteiger charge is -2.26. The molecule has 0 saturated carbocycles. The monoisotopic (exact) mass is 495 g/mol. The highest BCUT2D eigenvalue weighted by Gasteiger charge is 2.31. The van der Waals surface area contributed by atoms with Crippen LogP contribution in [0.1, 0.15) is 46.0 Å². The molecule has 27 heavy (non-hydrogen) atoms. The minimum atomic E-state index is -0.113. The van der Waals surface area contributed by atoms with Gasteiger partial charge in [-0.25, -0.2) is 0 Å². The van der Waals surface area contributed by atoms with Gasteiger partial charge in [-0.3, -0.25) is 14.7 Å². The summed E-state index contributed by atoms with van der Waals surface area (Å²) in [5.41, 5.74) is -0.113. The van der Waals surface area contributed by atoms with E-state index in [0.717, 1.165) is 70.8 Å². The lowest BCUT2D eigenvalue weighted by molar-refractivity contribution is -0.133. The Kier molecular flexibility index (Phi) is 10.9. The van der Waals surface area contributed by atoms with Crippen LogP contribution in [0.5, 0.6) is 0 Å². The molecule has 2 fully saturated rings. The highest BCUT2D eigenvalue weighted by atomic mass is 127. The van der Waals surface area contributed by atoms with Crippen molar-refractivity contribution in [3.63, 3.8) is 0 Å². The molecule has 0 spiro atoms. The molecule has 8 heteroatoms. The van der Waals surface area contributed by atoms with Gasteiger partial charge in [-0.2, -0.15) is 0 Å². The zero-order valence-electron chi connectivity index (χ0n) is 17.4. The van der Waals surface area contributed by atoms with Gasteiger partial charge in [-0.05, 0) is 52.5 Å². The molecule has 0 aromatic carbocycles. The molecule has 0 radical (unpaired) electrons. The molecule has 2 aliphatic heterocycles. The predicted octanol–water partition coefficient (Wildman–Crippen LogP) is 1.67. The van der Waals surface area contributed by atoms with Crippen LogP contribution in [-0.4, -0.2) is 86.7 Å². The number of amides is 1. The average Bonchev–Trinajstić information content (AvgIpc) is 3.25. The lowest BCUT2D eigenvalue weighted by atomic mass is 10.0. The zero-order chi connectivity index (χ0) is 19.0. The number of rotatable bonds is 8. The fraction of sp³-hybridized carbons (Fsp3) is 0.895. The summed E-state index contributed by atoms with van der Waals surface area (Å²) in [6.45, 7) is 9.41. The number of carbonyl (C=O) groups excluding carboxylic acids is 1. The second-order valence-corrected chi connectivity index (χ2v) is 7.80. The van der Waals surface area contributed by atoms with Crippen molar-refractivity contribution in [1.82, 2.24) is 20.4 Å². The van der Waals surface area contributed by atoms with E-state index >= 15 is 0 Å². The fourth-order valence-electron chi connectivity index (χ4n) is 3.71. The van der Waals surface area contributed by atoms with Crippen molar-refractivity contribution in [2.75, 3.05) is 53.4 Å². The molecule has 0 bridgehead atoms. The summed E-state index contributed by atoms with van der Waals surface area (Å²) in [6.07, 6.45) is 5.29. The van der Waals surface area contributed by atoms with Crippen LogP contribution in [0.4, 0.5) is 0 Å². The number of hydrogen-bond acceptors (Lipinski definition) is 4. The van der Waals surface area contributed by atoms with E-state index in [4.69, 9.17) is 9.73 Å². The molecular formula is C19H38IN5O2. The summed E-state index contributed by atoms with van der Waals surface area (Å²) in [5, 5.41) is 6.72. The first kappa shape index (κ1) is 24.4. The minimum absolute atomic E-state index is 0. The Bertz CT molecular complexity index is 481. The number of aliphatic imine (C=N–C) groups is 1. The number of likely N-dealkylation sites (N-methyl/N-ethyl adjacent to an activating group) is 1. The standard InChI is InChI=1S/C19H37N5O2.HI/c1-5-20-18(22-15-19(2)10-7-14-26-19)21-11-8-13-24-12-6-9-16(24)17(25)23(3)4;/h16H,5-15H2,1-4H3,(H2,20,21,22);1H. The van der Waals surface area contributed by atoms with Gasteiger partial charge in [0.25, 0.3) is 0 Å². The van der Waals surface area contributed by atoms with Gasteiger partial charge in [-0.15, -0.1) is 24.0 Å². The highest BCUT2D eigenvalue weighted by Crippen LogP contribution is 2.25. The van der Waals surface area contributed by atoms with Crippen LogP contribution in [0.2, 0.25) is 0 Å². The first-order chi connectivity index (χ1) is 12.4. The Morgan fingerprint density at radius 1 is 1.33 bits per heavy atom. The molecule has 7 nitrogen and oxygen atoms in total. The zero-order valence-corrected chi connectivity index (χ0v) is 19.8. The molecule has 2 atom stereocenters. The maximum Gasteiger partial charge on any atom is 0.239 e. The van der Waals surface area contributed by atoms with E-state index in [9.17, 15) is 4.79 Å². The van der Waals surface area contributed by atoms with Crippen molar-refractivity contribution >= 4 is 35.8 Å². The Labute approximate surface area is 181 Å². The molecule has 2 saturated heterocycles. The second-order valence-electron chi connectivity index (χ2n) is 7.80. The van der Waals surface area contributed by atoms with Crippen LogP contribution < -0.4 is 10.6 Å². The molecule has 2 heterocycles. The number of ether oxygens (including phenoxy) is 1. The summed E-state index contributed by atoms with van der Waals surface area (Å²) >= 11 is 0. The van der Waals surface area contributed by atoms with Crippen LogP contribution in [-0.2, 0) is 9.53 Å². The third kappa shape index (κ3) is 7.73. The molecule has 1 amide bonds. The Morgan fingerprint density at radius 3 is 2.74 bits per heavy atom. The molecule has 158 valence electrons. The van der Waals surface area contributed by atoms with E-state index < -0.39 is 0 Å². The smallest absolute Gasteiger partial charge is 0.239 e. The number of hydrogen-bond donors (Lipinski definition) is 2. The first-order valence-electron chi connectivity index (χ1n) is 10.1. The molecular weight excluding hydrogens is 457 g/mol. The van der Waals surface area contributed by atoms with Gasteiger partial charge in [0, 0.05) is 40.3 Å². The quantitative estimate of drug-likeness (QED) is 0.232. The summed E-state index contributed by atoms with van der Waals surface area (Å²) in [4.78, 5) is 21.0. The van der Waals surface area contributed by atoms with Crippen LogP contribution >= 0.6 is 24.0 Å². The van der Waals surface area contributed by atoms with E-state index in [2.05, 4.69) is 29.4 Å². The molecule has 0 aliphatic carbocycles. The summed E-state index contributed by atoms with van der Waals surface area (Å²) < 4.78 is 5.81. The van der Waals surface area contributed by atoms with Crippen molar-refractivity contribution < 1.29 is 9.53 Å². The summed E-state index contributed by atoms with van der Waals surface area (Å²) in [5.74, 6) is 1.08. The van der Waals surface area contributed by atoms with Crippen LogP contribution in [0, 0.1) is 0 Å². The largest absolute Gasteiger partial charge is 0.373 e. The van der Waals surface area contributed by atoms with Crippen LogP contribution in [0.15, 0.2) is 4.99 Å². The van der Waals surface area contributed by atoms with E-state index in [1.807, 2.05) is 14.1 Å². The van der Waals surface area contributed by atoms with E-state index in [1.54, 1.807) is 4.90 Å². The molecule has 0 aromatic heterocycles. The first-order valence-corrected chi connectivity index (χ1v) is 10.1. The maximum absolute atomic E-state index is 12.3. The number of carbonyl (C=O) groups is 1. The topological polar surface area (TPSA) is 69.2 Å². The van der Waals surface area contributed by atoms with Gasteiger partial charge in [-0.1, -0.05) is 0 Å². The minimum Gasteiger partial charge on any atom is -0.373 e. The van der Waals surface area contributed by atoms with Crippen molar-refractivity contribution in [2.45, 2.75) is 57.6 Å². The molecule has 2 rings (SSSR count). The number of guanidine groups is 1. The van der Waals surface area contributed by atoms with Crippen molar-refractivity contribution in [3.8, 4) is 0 Å². The summed E-state index contributed by atoms with van der Waals surface area (Å²) in [7, 11) is 3.68. The van der Waals surface area contributed by atoms with Gasteiger partial charge in [0.1, 0.15) is 0 Å². The SMILES string of the molecule is CCNC(=NCC1(C)CCCO1)NCCCN1CCCC1C(=O)N(C)C.I. The van der Waals surface area contributed by atoms with Crippen molar-refractivity contribution in [1.29, 1.82) is 0 Å². The Morgan fingerprint density at radius 2 is 2.11 bits per heavy atom. The third-order valence-corrected chi connectivity index (χ3v) is 5.22. The number of halogens is 1. The normalized spacial score (nSPS) is 25.9. The number of nitrogens with one attached hydrogen (secondary N) is 2. The fourth-order valence-corrected chi connectivity index (χ4v) is 3.71. The molecule has 2 aliphatic rings. The molecule has 2 N–H and O–H groups in total. The van der Waals surface area contributed by atoms with Gasteiger partial charge >= 0.3 is 0 Å². The lowest BCUT2D eigenvalue weighted by Crippen LogP contribution is -2.44. The highest BCUT2D eigenvalue weighted by molar-refractivity contribution is 14.0. The summed E-state index contributed by atoms with van der Waals surface area (Å²) in [6, 6.07) is 0.0615. The van der Waals surface area contributed by atoms with Gasteiger partial charge in [0.15, 0.2) is 5.96 Å². The van der Waals surface area contributed by atoms with E-state index in [-0.39, 0.29) is 41.5 Å². The van der Waals surface area contributed by atoms with Crippen LogP contribution in [0.25, 0.3) is 0 Å². The third-order valence-electron chi connectivity index (χ3n) is 5.22. The Hall–Kier alpha value is -0.610. The Balaban J connectivity index is 0.00000364. The molecule has 0 aromatic rings. The van der Waals surface area contributed by atoms with Crippen molar-refractivity contribution in [2.24, 2.45) is 4.99 Å². The van der Waals surface area contributed by atoms with E-state index in [0.29, 0.717) is 6.54 Å². The maximum atomic E-state index is 12.3.